The highest BCUT2D eigenvalue weighted by atomic mass is 35.5. The monoisotopic (exact) mass is 392 g/mol. The number of carbonyl (C=O) groups excluding carboxylic acids is 2. The van der Waals surface area contributed by atoms with Crippen LogP contribution in [0.15, 0.2) is 36.4 Å². The van der Waals surface area contributed by atoms with Gasteiger partial charge in [0.25, 0.3) is 0 Å². The summed E-state index contributed by atoms with van der Waals surface area (Å²) in [6.45, 7) is 2.19. The van der Waals surface area contributed by atoms with Crippen molar-refractivity contribution in [2.45, 2.75) is 13.3 Å². The number of nitrogens with one attached hydrogen (secondary N) is 1. The lowest BCUT2D eigenvalue weighted by Crippen LogP contribution is -2.28. The van der Waals surface area contributed by atoms with Gasteiger partial charge in [0, 0.05) is 28.7 Å². The molecule has 2 aromatic carbocycles. The van der Waals surface area contributed by atoms with Crippen molar-refractivity contribution in [2.75, 3.05) is 23.9 Å². The maximum atomic E-state index is 12.6. The average molecular weight is 393 g/mol. The van der Waals surface area contributed by atoms with Crippen molar-refractivity contribution in [3.63, 3.8) is 0 Å². The molecular formula is C19H18Cl2N2O3. The van der Waals surface area contributed by atoms with E-state index in [2.05, 4.69) is 5.32 Å². The first-order valence-corrected chi connectivity index (χ1v) is 8.85. The van der Waals surface area contributed by atoms with Crippen LogP contribution in [-0.2, 0) is 9.59 Å². The predicted octanol–water partition coefficient (Wildman–Crippen LogP) is 4.30. The number of halogens is 2. The molecule has 1 aliphatic rings. The van der Waals surface area contributed by atoms with Gasteiger partial charge in [-0.25, -0.2) is 0 Å². The van der Waals surface area contributed by atoms with Crippen LogP contribution >= 0.6 is 23.2 Å². The van der Waals surface area contributed by atoms with Gasteiger partial charge in [0.05, 0.1) is 18.7 Å². The second kappa shape index (κ2) is 7.56. The molecule has 136 valence electrons. The molecule has 5 nitrogen and oxygen atoms in total. The number of benzene rings is 2. The van der Waals surface area contributed by atoms with Gasteiger partial charge in [-0.15, -0.1) is 0 Å². The summed E-state index contributed by atoms with van der Waals surface area (Å²) in [5.74, 6) is -0.316. The first kappa shape index (κ1) is 18.5. The van der Waals surface area contributed by atoms with E-state index in [1.54, 1.807) is 29.2 Å². The quantitative estimate of drug-likeness (QED) is 0.843. The van der Waals surface area contributed by atoms with Crippen LogP contribution in [0.5, 0.6) is 5.75 Å². The van der Waals surface area contributed by atoms with Crippen LogP contribution in [-0.4, -0.2) is 25.5 Å². The van der Waals surface area contributed by atoms with Gasteiger partial charge in [-0.05, 0) is 42.8 Å². The maximum absolute atomic E-state index is 12.6. The molecule has 1 aliphatic heterocycles. The maximum Gasteiger partial charge on any atom is 0.229 e. The van der Waals surface area contributed by atoms with Gasteiger partial charge in [0.15, 0.2) is 0 Å². The Labute approximate surface area is 161 Å². The normalized spacial score (nSPS) is 16.7. The largest absolute Gasteiger partial charge is 0.495 e. The molecule has 7 heteroatoms. The fraction of sp³-hybridized carbons (Fsp3) is 0.263. The molecule has 0 bridgehead atoms. The van der Waals surface area contributed by atoms with Crippen molar-refractivity contribution in [3.8, 4) is 5.75 Å². The summed E-state index contributed by atoms with van der Waals surface area (Å²) in [5, 5.41) is 3.88. The van der Waals surface area contributed by atoms with Crippen molar-refractivity contribution in [1.82, 2.24) is 0 Å². The molecular weight excluding hydrogens is 375 g/mol. The average Bonchev–Trinajstić information content (AvgIpc) is 2.99. The van der Waals surface area contributed by atoms with Gasteiger partial charge < -0.3 is 15.0 Å². The number of carbonyl (C=O) groups is 2. The van der Waals surface area contributed by atoms with E-state index < -0.39 is 5.92 Å². The summed E-state index contributed by atoms with van der Waals surface area (Å²) in [6.07, 6.45) is 0.139. The lowest BCUT2D eigenvalue weighted by atomic mass is 10.1. The first-order chi connectivity index (χ1) is 12.4. The van der Waals surface area contributed by atoms with E-state index in [1.165, 1.54) is 7.11 Å². The lowest BCUT2D eigenvalue weighted by molar-refractivity contribution is -0.122. The van der Waals surface area contributed by atoms with E-state index in [-0.39, 0.29) is 18.2 Å². The molecule has 0 saturated carbocycles. The van der Waals surface area contributed by atoms with Gasteiger partial charge >= 0.3 is 0 Å². The van der Waals surface area contributed by atoms with Gasteiger partial charge in [0.2, 0.25) is 11.8 Å². The van der Waals surface area contributed by atoms with Gasteiger partial charge in [0.1, 0.15) is 5.75 Å². The second-order valence-electron chi connectivity index (χ2n) is 6.17. The molecule has 0 aliphatic carbocycles. The number of anilines is 2. The van der Waals surface area contributed by atoms with E-state index in [0.717, 1.165) is 5.56 Å². The molecule has 2 aromatic rings. The van der Waals surface area contributed by atoms with Crippen LogP contribution in [0, 0.1) is 12.8 Å². The fourth-order valence-corrected chi connectivity index (χ4v) is 3.24. The molecule has 0 spiro atoms. The molecule has 2 amide bonds. The smallest absolute Gasteiger partial charge is 0.229 e. The molecule has 26 heavy (non-hydrogen) atoms. The van der Waals surface area contributed by atoms with Crippen molar-refractivity contribution < 1.29 is 14.3 Å². The minimum Gasteiger partial charge on any atom is -0.495 e. The Morgan fingerprint density at radius 2 is 2.00 bits per heavy atom. The molecule has 1 saturated heterocycles. The molecule has 1 heterocycles. The standard InChI is InChI=1S/C19H18Cl2N2O3/c1-11-3-5-14(9-15(11)21)23-10-12(7-18(23)24)19(25)22-16-8-13(20)4-6-17(16)26-2/h3-6,8-9,12H,7,10H2,1-2H3,(H,22,25). The van der Waals surface area contributed by atoms with Crippen LogP contribution in [0.4, 0.5) is 11.4 Å². The third-order valence-electron chi connectivity index (χ3n) is 4.38. The molecule has 0 aromatic heterocycles. The van der Waals surface area contributed by atoms with Crippen molar-refractivity contribution in [3.05, 3.63) is 52.0 Å². The van der Waals surface area contributed by atoms with Crippen LogP contribution in [0.1, 0.15) is 12.0 Å². The zero-order chi connectivity index (χ0) is 18.8. The molecule has 1 fully saturated rings. The summed E-state index contributed by atoms with van der Waals surface area (Å²) < 4.78 is 5.23. The summed E-state index contributed by atoms with van der Waals surface area (Å²) in [4.78, 5) is 26.6. The number of rotatable bonds is 4. The molecule has 1 unspecified atom stereocenters. The zero-order valence-corrected chi connectivity index (χ0v) is 15.9. The highest BCUT2D eigenvalue weighted by molar-refractivity contribution is 6.31. The van der Waals surface area contributed by atoms with E-state index in [4.69, 9.17) is 27.9 Å². The fourth-order valence-electron chi connectivity index (χ4n) is 2.90. The Bertz CT molecular complexity index is 870. The van der Waals surface area contributed by atoms with Gasteiger partial charge in [-0.2, -0.15) is 0 Å². The minimum atomic E-state index is -0.466. The van der Waals surface area contributed by atoms with Crippen LogP contribution in [0.3, 0.4) is 0 Å². The summed E-state index contributed by atoms with van der Waals surface area (Å²) in [5.41, 5.74) is 2.11. The van der Waals surface area contributed by atoms with E-state index in [0.29, 0.717) is 33.7 Å². The van der Waals surface area contributed by atoms with Crippen molar-refractivity contribution in [2.24, 2.45) is 5.92 Å². The molecule has 1 atom stereocenters. The topological polar surface area (TPSA) is 58.6 Å². The Balaban J connectivity index is 1.75. The van der Waals surface area contributed by atoms with Crippen LogP contribution < -0.4 is 15.0 Å². The Kier molecular flexibility index (Phi) is 5.39. The second-order valence-corrected chi connectivity index (χ2v) is 7.02. The zero-order valence-electron chi connectivity index (χ0n) is 14.4. The summed E-state index contributed by atoms with van der Waals surface area (Å²) in [6, 6.07) is 10.4. The number of hydrogen-bond acceptors (Lipinski definition) is 3. The number of ether oxygens (including phenoxy) is 1. The SMILES string of the molecule is COc1ccc(Cl)cc1NC(=O)C1CC(=O)N(c2ccc(C)c(Cl)c2)C1. The number of methoxy groups -OCH3 is 1. The summed E-state index contributed by atoms with van der Waals surface area (Å²) >= 11 is 12.1. The predicted molar refractivity (Wildman–Crippen MR) is 103 cm³/mol. The Morgan fingerprint density at radius 1 is 1.23 bits per heavy atom. The lowest BCUT2D eigenvalue weighted by Gasteiger charge is -2.18. The van der Waals surface area contributed by atoms with Crippen molar-refractivity contribution in [1.29, 1.82) is 0 Å². The Hall–Kier alpha value is -2.24. The number of aryl methyl sites for hydroxylation is 1. The van der Waals surface area contributed by atoms with Gasteiger partial charge in [-0.3, -0.25) is 9.59 Å². The molecule has 3 rings (SSSR count). The van der Waals surface area contributed by atoms with E-state index >= 15 is 0 Å². The number of hydrogen-bond donors (Lipinski definition) is 1. The third kappa shape index (κ3) is 3.79. The van der Waals surface area contributed by atoms with Crippen molar-refractivity contribution >= 4 is 46.4 Å². The highest BCUT2D eigenvalue weighted by Gasteiger charge is 2.35. The number of nitrogens with zero attached hydrogens (tertiary/aromatic N) is 1. The number of amides is 2. The highest BCUT2D eigenvalue weighted by Crippen LogP contribution is 2.31. The summed E-state index contributed by atoms with van der Waals surface area (Å²) in [7, 11) is 1.51. The van der Waals surface area contributed by atoms with E-state index in [9.17, 15) is 9.59 Å². The van der Waals surface area contributed by atoms with E-state index in [1.807, 2.05) is 19.1 Å². The minimum absolute atomic E-state index is 0.108. The third-order valence-corrected chi connectivity index (χ3v) is 5.02. The van der Waals surface area contributed by atoms with Crippen LogP contribution in [0.2, 0.25) is 10.0 Å². The van der Waals surface area contributed by atoms with Crippen LogP contribution in [0.25, 0.3) is 0 Å². The molecule has 1 N–H and O–H groups in total. The Morgan fingerprint density at radius 3 is 2.69 bits per heavy atom. The first-order valence-electron chi connectivity index (χ1n) is 8.10. The molecule has 0 radical (unpaired) electrons. The van der Waals surface area contributed by atoms with Gasteiger partial charge in [-0.1, -0.05) is 29.3 Å².